The summed E-state index contributed by atoms with van der Waals surface area (Å²) >= 11 is 0. The number of tetrazole rings is 1. The molecule has 0 radical (unpaired) electrons. The van der Waals surface area contributed by atoms with Gasteiger partial charge in [-0.25, -0.2) is 0 Å². The molecule has 0 aliphatic carbocycles. The first-order chi connectivity index (χ1) is 12.2. The van der Waals surface area contributed by atoms with Gasteiger partial charge in [0.1, 0.15) is 0 Å². The SMILES string of the molecule is CN(CC1CCN(c2ccccc2)C1)C(=O)c1ccc2nnnn2c1. The van der Waals surface area contributed by atoms with Crippen molar-refractivity contribution < 1.29 is 4.79 Å². The molecular weight excluding hydrogens is 316 g/mol. The number of anilines is 1. The molecule has 1 saturated heterocycles. The molecule has 1 aromatic carbocycles. The lowest BCUT2D eigenvalue weighted by molar-refractivity contribution is 0.0776. The van der Waals surface area contributed by atoms with E-state index in [1.807, 2.05) is 13.1 Å². The topological polar surface area (TPSA) is 66.6 Å². The number of hydrogen-bond acceptors (Lipinski definition) is 5. The third-order valence-electron chi connectivity index (χ3n) is 4.72. The summed E-state index contributed by atoms with van der Waals surface area (Å²) in [7, 11) is 1.86. The minimum absolute atomic E-state index is 0.00411. The van der Waals surface area contributed by atoms with Crippen LogP contribution >= 0.6 is 0 Å². The molecule has 1 atom stereocenters. The van der Waals surface area contributed by atoms with E-state index in [0.29, 0.717) is 17.1 Å². The Hall–Kier alpha value is -2.96. The fraction of sp³-hybridized carbons (Fsp3) is 0.333. The fourth-order valence-corrected chi connectivity index (χ4v) is 3.41. The second kappa shape index (κ2) is 6.51. The molecule has 0 saturated carbocycles. The molecule has 1 amide bonds. The van der Waals surface area contributed by atoms with Gasteiger partial charge in [0.25, 0.3) is 5.91 Å². The first-order valence-electron chi connectivity index (χ1n) is 8.44. The molecule has 3 aromatic rings. The van der Waals surface area contributed by atoms with E-state index >= 15 is 0 Å². The van der Waals surface area contributed by atoms with Crippen LogP contribution < -0.4 is 4.90 Å². The molecular formula is C18H20N6O. The number of carbonyl (C=O) groups is 1. The van der Waals surface area contributed by atoms with Gasteiger partial charge in [-0.2, -0.15) is 4.52 Å². The summed E-state index contributed by atoms with van der Waals surface area (Å²) in [5, 5.41) is 11.3. The summed E-state index contributed by atoms with van der Waals surface area (Å²) in [6.07, 6.45) is 2.78. The molecule has 4 rings (SSSR count). The average Bonchev–Trinajstić information content (AvgIpc) is 3.30. The van der Waals surface area contributed by atoms with E-state index in [4.69, 9.17) is 0 Å². The summed E-state index contributed by atoms with van der Waals surface area (Å²) in [5.41, 5.74) is 2.48. The van der Waals surface area contributed by atoms with Crippen molar-refractivity contribution in [3.05, 3.63) is 54.2 Å². The smallest absolute Gasteiger partial charge is 0.255 e. The molecule has 0 spiro atoms. The van der Waals surface area contributed by atoms with E-state index in [0.717, 1.165) is 26.1 Å². The number of pyridine rings is 1. The van der Waals surface area contributed by atoms with Crippen LogP contribution in [0, 0.1) is 5.92 Å². The largest absolute Gasteiger partial charge is 0.371 e. The number of fused-ring (bicyclic) bond motifs is 1. The van der Waals surface area contributed by atoms with Crippen molar-refractivity contribution in [2.24, 2.45) is 5.92 Å². The van der Waals surface area contributed by atoms with Crippen molar-refractivity contribution in [1.29, 1.82) is 0 Å². The molecule has 25 heavy (non-hydrogen) atoms. The maximum atomic E-state index is 12.7. The van der Waals surface area contributed by atoms with Crippen LogP contribution in [-0.4, -0.2) is 57.5 Å². The zero-order valence-corrected chi connectivity index (χ0v) is 14.1. The maximum Gasteiger partial charge on any atom is 0.255 e. The molecule has 7 heteroatoms. The van der Waals surface area contributed by atoms with E-state index in [1.54, 1.807) is 23.2 Å². The van der Waals surface area contributed by atoms with E-state index in [1.165, 1.54) is 10.2 Å². The van der Waals surface area contributed by atoms with E-state index in [9.17, 15) is 4.79 Å². The highest BCUT2D eigenvalue weighted by molar-refractivity contribution is 5.94. The lowest BCUT2D eigenvalue weighted by Crippen LogP contribution is -2.33. The third-order valence-corrected chi connectivity index (χ3v) is 4.72. The van der Waals surface area contributed by atoms with Gasteiger partial charge < -0.3 is 9.80 Å². The zero-order chi connectivity index (χ0) is 17.2. The van der Waals surface area contributed by atoms with Crippen LogP contribution in [0.4, 0.5) is 5.69 Å². The molecule has 1 fully saturated rings. The molecule has 0 bridgehead atoms. The summed E-state index contributed by atoms with van der Waals surface area (Å²) in [5.74, 6) is 0.474. The Balaban J connectivity index is 1.40. The first-order valence-corrected chi connectivity index (χ1v) is 8.44. The number of rotatable bonds is 4. The monoisotopic (exact) mass is 336 g/mol. The molecule has 1 aliphatic heterocycles. The third kappa shape index (κ3) is 3.17. The molecule has 0 N–H and O–H groups in total. The van der Waals surface area contributed by atoms with E-state index in [2.05, 4.69) is 44.7 Å². The van der Waals surface area contributed by atoms with Gasteiger partial charge in [0.05, 0.1) is 5.56 Å². The highest BCUT2D eigenvalue weighted by Gasteiger charge is 2.25. The van der Waals surface area contributed by atoms with Gasteiger partial charge in [0.15, 0.2) is 5.65 Å². The second-order valence-corrected chi connectivity index (χ2v) is 6.52. The van der Waals surface area contributed by atoms with E-state index < -0.39 is 0 Å². The number of aromatic nitrogens is 4. The van der Waals surface area contributed by atoms with Crippen LogP contribution in [0.1, 0.15) is 16.8 Å². The van der Waals surface area contributed by atoms with Crippen LogP contribution in [-0.2, 0) is 0 Å². The molecule has 1 unspecified atom stereocenters. The molecule has 2 aromatic heterocycles. The molecule has 3 heterocycles. The quantitative estimate of drug-likeness (QED) is 0.726. The van der Waals surface area contributed by atoms with Gasteiger partial charge in [0.2, 0.25) is 0 Å². The standard InChI is InChI=1S/C18H20N6O/c1-22(18(25)15-7-8-17-19-20-21-24(17)13-15)11-14-9-10-23(12-14)16-5-3-2-4-6-16/h2-8,13-14H,9-12H2,1H3. The minimum atomic E-state index is -0.00411. The van der Waals surface area contributed by atoms with Crippen molar-refractivity contribution in [2.45, 2.75) is 6.42 Å². The Morgan fingerprint density at radius 3 is 2.92 bits per heavy atom. The number of para-hydroxylation sites is 1. The number of amides is 1. The Kier molecular flexibility index (Phi) is 4.05. The highest BCUT2D eigenvalue weighted by Crippen LogP contribution is 2.24. The van der Waals surface area contributed by atoms with Crippen LogP contribution in [0.25, 0.3) is 5.65 Å². The summed E-state index contributed by atoms with van der Waals surface area (Å²) in [4.78, 5) is 16.9. The molecule has 128 valence electrons. The van der Waals surface area contributed by atoms with Gasteiger partial charge >= 0.3 is 0 Å². The lowest BCUT2D eigenvalue weighted by Gasteiger charge is -2.22. The summed E-state index contributed by atoms with van der Waals surface area (Å²) in [6.45, 7) is 2.76. The average molecular weight is 336 g/mol. The van der Waals surface area contributed by atoms with Gasteiger partial charge in [-0.05, 0) is 47.0 Å². The summed E-state index contributed by atoms with van der Waals surface area (Å²) < 4.78 is 1.52. The predicted molar refractivity (Wildman–Crippen MR) is 94.5 cm³/mol. The Labute approximate surface area is 145 Å². The normalized spacial score (nSPS) is 17.2. The van der Waals surface area contributed by atoms with Crippen molar-refractivity contribution in [3.8, 4) is 0 Å². The van der Waals surface area contributed by atoms with Crippen molar-refractivity contribution in [1.82, 2.24) is 24.9 Å². The lowest BCUT2D eigenvalue weighted by atomic mass is 10.1. The molecule has 1 aliphatic rings. The van der Waals surface area contributed by atoms with Crippen LogP contribution in [0.3, 0.4) is 0 Å². The minimum Gasteiger partial charge on any atom is -0.371 e. The number of carbonyl (C=O) groups excluding carboxylic acids is 1. The fourth-order valence-electron chi connectivity index (χ4n) is 3.41. The maximum absolute atomic E-state index is 12.7. The van der Waals surface area contributed by atoms with Crippen molar-refractivity contribution in [2.75, 3.05) is 31.6 Å². The van der Waals surface area contributed by atoms with Crippen molar-refractivity contribution >= 4 is 17.2 Å². The number of nitrogens with zero attached hydrogens (tertiary/aromatic N) is 6. The second-order valence-electron chi connectivity index (χ2n) is 6.52. The zero-order valence-electron chi connectivity index (χ0n) is 14.1. The predicted octanol–water partition coefficient (Wildman–Crippen LogP) is 1.72. The highest BCUT2D eigenvalue weighted by atomic mass is 16.2. The number of hydrogen-bond donors (Lipinski definition) is 0. The first kappa shape index (κ1) is 15.6. The van der Waals surface area contributed by atoms with Crippen LogP contribution in [0.2, 0.25) is 0 Å². The Morgan fingerprint density at radius 1 is 1.24 bits per heavy atom. The van der Waals surface area contributed by atoms with Gasteiger partial charge in [-0.15, -0.1) is 5.10 Å². The van der Waals surface area contributed by atoms with Crippen LogP contribution in [0.5, 0.6) is 0 Å². The Bertz CT molecular complexity index is 877. The van der Waals surface area contributed by atoms with Gasteiger partial charge in [-0.3, -0.25) is 4.79 Å². The Morgan fingerprint density at radius 2 is 2.08 bits per heavy atom. The summed E-state index contributed by atoms with van der Waals surface area (Å²) in [6, 6.07) is 14.0. The van der Waals surface area contributed by atoms with Gasteiger partial charge in [-0.1, -0.05) is 18.2 Å². The number of benzene rings is 1. The van der Waals surface area contributed by atoms with Crippen molar-refractivity contribution in [3.63, 3.8) is 0 Å². The molecule has 7 nitrogen and oxygen atoms in total. The van der Waals surface area contributed by atoms with E-state index in [-0.39, 0.29) is 5.91 Å². The van der Waals surface area contributed by atoms with Gasteiger partial charge in [0, 0.05) is 38.6 Å². The van der Waals surface area contributed by atoms with Crippen LogP contribution in [0.15, 0.2) is 48.7 Å².